The smallest absolute Gasteiger partial charge is 0.264 e. The molecule has 0 bridgehead atoms. The number of carbonyl (C=O) groups excluding carboxylic acids is 1. The van der Waals surface area contributed by atoms with Gasteiger partial charge in [0.25, 0.3) is 5.91 Å². The molecule has 2 aromatic rings. The number of hydrogen-bond acceptors (Lipinski definition) is 4. The lowest BCUT2D eigenvalue weighted by atomic mass is 10.1. The van der Waals surface area contributed by atoms with Gasteiger partial charge in [0.05, 0.1) is 9.21 Å². The molecule has 22 heavy (non-hydrogen) atoms. The van der Waals surface area contributed by atoms with Crippen LogP contribution in [0.3, 0.4) is 0 Å². The molecule has 1 fully saturated rings. The highest BCUT2D eigenvalue weighted by Crippen LogP contribution is 2.25. The van der Waals surface area contributed by atoms with Gasteiger partial charge >= 0.3 is 0 Å². The van der Waals surface area contributed by atoms with Crippen LogP contribution in [0.15, 0.2) is 36.7 Å². The third-order valence-electron chi connectivity index (χ3n) is 4.10. The second-order valence-corrected chi connectivity index (χ2v) is 7.11. The van der Waals surface area contributed by atoms with Crippen LogP contribution in [0.25, 0.3) is 0 Å². The average molecular weight is 336 g/mol. The van der Waals surface area contributed by atoms with Gasteiger partial charge < -0.3 is 4.90 Å². The van der Waals surface area contributed by atoms with Gasteiger partial charge in [0.2, 0.25) is 0 Å². The first-order chi connectivity index (χ1) is 10.6. The Labute approximate surface area is 139 Å². The number of pyridine rings is 1. The molecule has 1 amide bonds. The highest BCUT2D eigenvalue weighted by Gasteiger charge is 2.26. The Bertz CT molecular complexity index is 638. The van der Waals surface area contributed by atoms with E-state index in [-0.39, 0.29) is 5.91 Å². The summed E-state index contributed by atoms with van der Waals surface area (Å²) in [7, 11) is 0. The first-order valence-electron chi connectivity index (χ1n) is 7.34. The van der Waals surface area contributed by atoms with Crippen molar-refractivity contribution in [1.82, 2.24) is 14.8 Å². The number of carbonyl (C=O) groups is 1. The molecule has 1 saturated heterocycles. The van der Waals surface area contributed by atoms with Crippen LogP contribution in [0, 0.1) is 0 Å². The fourth-order valence-corrected chi connectivity index (χ4v) is 3.74. The predicted octanol–water partition coefficient (Wildman–Crippen LogP) is 3.32. The molecule has 3 rings (SSSR count). The summed E-state index contributed by atoms with van der Waals surface area (Å²) in [6.07, 6.45) is 3.70. The molecule has 6 heteroatoms. The van der Waals surface area contributed by atoms with Crippen LogP contribution in [-0.2, 0) is 0 Å². The Morgan fingerprint density at radius 3 is 2.64 bits per heavy atom. The van der Waals surface area contributed by atoms with Crippen molar-refractivity contribution in [3.8, 4) is 0 Å². The molecule has 116 valence electrons. The molecule has 1 aliphatic heterocycles. The molecule has 1 unspecified atom stereocenters. The summed E-state index contributed by atoms with van der Waals surface area (Å²) in [5, 5.41) is 0. The Balaban J connectivity index is 1.59. The highest BCUT2D eigenvalue weighted by atomic mass is 35.5. The number of amides is 1. The molecule has 0 aliphatic carbocycles. The summed E-state index contributed by atoms with van der Waals surface area (Å²) >= 11 is 7.26. The van der Waals surface area contributed by atoms with Crippen LogP contribution < -0.4 is 0 Å². The van der Waals surface area contributed by atoms with Gasteiger partial charge in [-0.2, -0.15) is 0 Å². The summed E-state index contributed by atoms with van der Waals surface area (Å²) in [5.41, 5.74) is 1.22. The SMILES string of the molecule is CC(c1cccnc1)N1CCN(C(=O)c2ccc(Cl)s2)CC1. The van der Waals surface area contributed by atoms with E-state index in [4.69, 9.17) is 11.6 Å². The molecule has 0 aromatic carbocycles. The first kappa shape index (κ1) is 15.5. The normalized spacial score (nSPS) is 17.5. The lowest BCUT2D eigenvalue weighted by Crippen LogP contribution is -2.49. The van der Waals surface area contributed by atoms with Crippen LogP contribution in [0.1, 0.15) is 28.2 Å². The summed E-state index contributed by atoms with van der Waals surface area (Å²) in [6.45, 7) is 5.44. The number of hydrogen-bond donors (Lipinski definition) is 0. The minimum Gasteiger partial charge on any atom is -0.335 e. The molecule has 1 atom stereocenters. The van der Waals surface area contributed by atoms with E-state index < -0.39 is 0 Å². The monoisotopic (exact) mass is 335 g/mol. The van der Waals surface area contributed by atoms with Crippen LogP contribution in [0.2, 0.25) is 4.34 Å². The van der Waals surface area contributed by atoms with E-state index in [2.05, 4.69) is 22.9 Å². The number of halogens is 1. The van der Waals surface area contributed by atoms with Crippen LogP contribution in [0.5, 0.6) is 0 Å². The molecule has 0 N–H and O–H groups in total. The number of nitrogens with zero attached hydrogens (tertiary/aromatic N) is 3. The topological polar surface area (TPSA) is 36.4 Å². The van der Waals surface area contributed by atoms with E-state index in [1.165, 1.54) is 16.9 Å². The van der Waals surface area contributed by atoms with Crippen molar-refractivity contribution in [2.45, 2.75) is 13.0 Å². The van der Waals surface area contributed by atoms with E-state index in [0.29, 0.717) is 10.4 Å². The maximum absolute atomic E-state index is 12.4. The Kier molecular flexibility index (Phi) is 4.76. The number of piperazine rings is 1. The quantitative estimate of drug-likeness (QED) is 0.863. The molecule has 3 heterocycles. The van der Waals surface area contributed by atoms with E-state index in [1.807, 2.05) is 17.2 Å². The lowest BCUT2D eigenvalue weighted by molar-refractivity contribution is 0.0586. The predicted molar refractivity (Wildman–Crippen MR) is 89.5 cm³/mol. The van der Waals surface area contributed by atoms with Crippen LogP contribution in [0.4, 0.5) is 0 Å². The third-order valence-corrected chi connectivity index (χ3v) is 5.32. The van der Waals surface area contributed by atoms with Crippen molar-refractivity contribution < 1.29 is 4.79 Å². The van der Waals surface area contributed by atoms with Crippen LogP contribution >= 0.6 is 22.9 Å². The highest BCUT2D eigenvalue weighted by molar-refractivity contribution is 7.17. The zero-order chi connectivity index (χ0) is 15.5. The number of rotatable bonds is 3. The van der Waals surface area contributed by atoms with Crippen molar-refractivity contribution in [3.05, 3.63) is 51.4 Å². The largest absolute Gasteiger partial charge is 0.335 e. The minimum absolute atomic E-state index is 0.0885. The van der Waals surface area contributed by atoms with Crippen molar-refractivity contribution in [1.29, 1.82) is 0 Å². The first-order valence-corrected chi connectivity index (χ1v) is 8.53. The van der Waals surface area contributed by atoms with Gasteiger partial charge in [-0.25, -0.2) is 0 Å². The van der Waals surface area contributed by atoms with Gasteiger partial charge in [-0.1, -0.05) is 17.7 Å². The molecule has 2 aromatic heterocycles. The van der Waals surface area contributed by atoms with E-state index in [0.717, 1.165) is 31.1 Å². The molecule has 0 radical (unpaired) electrons. The summed E-state index contributed by atoms with van der Waals surface area (Å²) in [5.74, 6) is 0.0885. The van der Waals surface area contributed by atoms with Gasteiger partial charge in [0.1, 0.15) is 0 Å². The fraction of sp³-hybridized carbons (Fsp3) is 0.375. The van der Waals surface area contributed by atoms with Crippen molar-refractivity contribution in [2.75, 3.05) is 26.2 Å². The molecule has 0 saturated carbocycles. The third kappa shape index (κ3) is 3.32. The Morgan fingerprint density at radius 2 is 2.05 bits per heavy atom. The summed E-state index contributed by atoms with van der Waals surface area (Å²) in [4.78, 5) is 21.6. The van der Waals surface area contributed by atoms with Crippen molar-refractivity contribution in [3.63, 3.8) is 0 Å². The average Bonchev–Trinajstić information content (AvgIpc) is 3.01. The van der Waals surface area contributed by atoms with Gasteiger partial charge in [-0.3, -0.25) is 14.7 Å². The fourth-order valence-electron chi connectivity index (χ4n) is 2.73. The zero-order valence-corrected chi connectivity index (χ0v) is 14.0. The molecular formula is C16H18ClN3OS. The van der Waals surface area contributed by atoms with E-state index >= 15 is 0 Å². The van der Waals surface area contributed by atoms with Gasteiger partial charge in [-0.15, -0.1) is 11.3 Å². The second-order valence-electron chi connectivity index (χ2n) is 5.39. The summed E-state index contributed by atoms with van der Waals surface area (Å²) < 4.78 is 0.659. The van der Waals surface area contributed by atoms with Crippen molar-refractivity contribution in [2.24, 2.45) is 0 Å². The van der Waals surface area contributed by atoms with E-state index in [9.17, 15) is 4.79 Å². The number of thiophene rings is 1. The van der Waals surface area contributed by atoms with Gasteiger partial charge in [0, 0.05) is 44.6 Å². The number of aromatic nitrogens is 1. The maximum Gasteiger partial charge on any atom is 0.264 e. The van der Waals surface area contributed by atoms with Crippen LogP contribution in [-0.4, -0.2) is 46.9 Å². The van der Waals surface area contributed by atoms with Gasteiger partial charge in [-0.05, 0) is 30.7 Å². The Morgan fingerprint density at radius 1 is 1.27 bits per heavy atom. The Hall–Kier alpha value is -1.43. The van der Waals surface area contributed by atoms with E-state index in [1.54, 1.807) is 18.3 Å². The standard InChI is InChI=1S/C16H18ClN3OS/c1-12(13-3-2-6-18-11-13)19-7-9-20(10-8-19)16(21)14-4-5-15(17)22-14/h2-6,11-12H,7-10H2,1H3. The molecular weight excluding hydrogens is 318 g/mol. The second kappa shape index (κ2) is 6.77. The van der Waals surface area contributed by atoms with Crippen molar-refractivity contribution >= 4 is 28.8 Å². The molecule has 1 aliphatic rings. The minimum atomic E-state index is 0.0885. The summed E-state index contributed by atoms with van der Waals surface area (Å²) in [6, 6.07) is 7.97. The lowest BCUT2D eigenvalue weighted by Gasteiger charge is -2.38. The maximum atomic E-state index is 12.4. The van der Waals surface area contributed by atoms with Gasteiger partial charge in [0.15, 0.2) is 0 Å². The molecule has 4 nitrogen and oxygen atoms in total. The molecule has 0 spiro atoms. The zero-order valence-electron chi connectivity index (χ0n) is 12.4.